The molecule has 5 rings (SSSR count). The number of esters is 2. The number of alkyl halides is 1. The number of allylic oxidation sites excluding steroid dienone is 1. The molecule has 4 N–H and O–H groups in total. The highest BCUT2D eigenvalue weighted by Crippen LogP contribution is 2.35. The van der Waals surface area contributed by atoms with Crippen molar-refractivity contribution in [3.05, 3.63) is 85.2 Å². The van der Waals surface area contributed by atoms with Gasteiger partial charge in [0.15, 0.2) is 5.65 Å². The van der Waals surface area contributed by atoms with Crippen LogP contribution < -0.4 is 21.1 Å². The number of likely N-dealkylation sites (tertiary alicyclic amines) is 1. The molecule has 0 saturated carbocycles. The molecule has 470 valence electrons. The summed E-state index contributed by atoms with van der Waals surface area (Å²) in [4.78, 5) is 69.8. The standard InChI is InChI=1S/C39H47N7O8.C21H40ClNO8/c1-2-3-22-52-34(48)14-9-21-50-23-24-51-25-26-53-39(49)41-19-7-13-33(47)45-20-8-10-30(27-45)46-38-35(37(40)42-28-43-38)36(44-46)29-15-17-32(18-16-29)54-31-11-5-4-6-12-31;1-2-30-20(24)8-7-12-27-15-17-29-18-19-31-21(25)23-10-13-28-16-14-26-11-6-4-3-5-9-22/h2-7,11-13,15-18,28,30H,8-10,14,19-27H2,1H3,(H,41,49)(H2,40,42,43);2-19H2,1H3,(H,23,25)/b3-2-,13-7+;/t30-;/m1./s1. The van der Waals surface area contributed by atoms with Crippen molar-refractivity contribution in [1.29, 1.82) is 0 Å². The van der Waals surface area contributed by atoms with Crippen LogP contribution in [0.3, 0.4) is 0 Å². The Morgan fingerprint density at radius 3 is 1.89 bits per heavy atom. The second-order valence-electron chi connectivity index (χ2n) is 18.8. The van der Waals surface area contributed by atoms with Gasteiger partial charge in [-0.25, -0.2) is 24.2 Å². The minimum Gasteiger partial charge on any atom is -0.466 e. The summed E-state index contributed by atoms with van der Waals surface area (Å²) in [7, 11) is 0. The number of hydrogen-bond donors (Lipinski definition) is 3. The zero-order valence-electron chi connectivity index (χ0n) is 49.3. The van der Waals surface area contributed by atoms with Crippen LogP contribution in [-0.4, -0.2) is 192 Å². The van der Waals surface area contributed by atoms with Crippen LogP contribution in [0.2, 0.25) is 0 Å². The van der Waals surface area contributed by atoms with Gasteiger partial charge >= 0.3 is 24.1 Å². The topological polar surface area (TPSA) is 284 Å². The van der Waals surface area contributed by atoms with Gasteiger partial charge < -0.3 is 73.4 Å². The molecule has 1 fully saturated rings. The van der Waals surface area contributed by atoms with Gasteiger partial charge in [-0.15, -0.1) is 11.6 Å². The van der Waals surface area contributed by atoms with Crippen molar-refractivity contribution in [2.24, 2.45) is 0 Å². The molecule has 0 bridgehead atoms. The fourth-order valence-corrected chi connectivity index (χ4v) is 8.22. The van der Waals surface area contributed by atoms with Crippen molar-refractivity contribution in [2.45, 2.75) is 84.1 Å². The van der Waals surface area contributed by atoms with Crippen LogP contribution in [0.5, 0.6) is 11.5 Å². The third-order valence-electron chi connectivity index (χ3n) is 12.2. The molecule has 4 aromatic rings. The Kier molecular flexibility index (Phi) is 37.7. The third-order valence-corrected chi connectivity index (χ3v) is 12.5. The van der Waals surface area contributed by atoms with Crippen LogP contribution in [0.15, 0.2) is 85.2 Å². The second-order valence-corrected chi connectivity index (χ2v) is 19.2. The van der Waals surface area contributed by atoms with Crippen LogP contribution in [0.25, 0.3) is 22.3 Å². The van der Waals surface area contributed by atoms with E-state index in [0.29, 0.717) is 146 Å². The van der Waals surface area contributed by atoms with Crippen molar-refractivity contribution in [3.8, 4) is 22.8 Å². The Labute approximate surface area is 503 Å². The summed E-state index contributed by atoms with van der Waals surface area (Å²) in [5.74, 6) is 1.84. The maximum absolute atomic E-state index is 13.1. The van der Waals surface area contributed by atoms with Crippen LogP contribution in [0.4, 0.5) is 15.4 Å². The average molecular weight is 1210 g/mol. The molecule has 0 unspecified atom stereocenters. The zero-order chi connectivity index (χ0) is 60.8. The van der Waals surface area contributed by atoms with E-state index in [1.807, 2.05) is 72.3 Å². The number of halogens is 1. The number of rotatable bonds is 42. The second kappa shape index (κ2) is 45.4. The molecule has 1 aliphatic heterocycles. The summed E-state index contributed by atoms with van der Waals surface area (Å²) in [6.07, 6.45) is 14.7. The van der Waals surface area contributed by atoms with E-state index in [1.165, 1.54) is 12.4 Å². The van der Waals surface area contributed by atoms with Gasteiger partial charge in [0, 0.05) is 76.4 Å². The Balaban J connectivity index is 0.000000427. The fraction of sp³-hybridized carbons (Fsp3) is 0.567. The lowest BCUT2D eigenvalue weighted by atomic mass is 10.1. The van der Waals surface area contributed by atoms with Gasteiger partial charge in [-0.05, 0) is 88.8 Å². The van der Waals surface area contributed by atoms with Gasteiger partial charge in [-0.3, -0.25) is 14.4 Å². The quantitative estimate of drug-likeness (QED) is 0.00941. The van der Waals surface area contributed by atoms with Crippen molar-refractivity contribution >= 4 is 58.5 Å². The number of hydrogen-bond acceptors (Lipinski definition) is 20. The van der Waals surface area contributed by atoms with Gasteiger partial charge in [0.2, 0.25) is 5.91 Å². The maximum atomic E-state index is 13.1. The van der Waals surface area contributed by atoms with Crippen LogP contribution >= 0.6 is 11.6 Å². The SMILES string of the molecule is C/C=C\COC(=O)CCCOCCOCCOC(=O)NC/C=C/C(=O)N1CCC[C@@H](n2nc(-c3ccc(Oc4ccccc4)cc3)c3c(N)ncnc32)C1.CCOC(=O)CCCOCCOCCOC(=O)NCCOCCOCCCCCCCl. The van der Waals surface area contributed by atoms with E-state index in [4.69, 9.17) is 74.5 Å². The van der Waals surface area contributed by atoms with Crippen LogP contribution in [-0.2, 0) is 61.8 Å². The normalized spacial score (nSPS) is 13.1. The first-order chi connectivity index (χ1) is 41.6. The van der Waals surface area contributed by atoms with Crippen molar-refractivity contribution < 1.29 is 76.1 Å². The molecule has 1 saturated heterocycles. The molecule has 25 heteroatoms. The summed E-state index contributed by atoms with van der Waals surface area (Å²) < 4.78 is 60.0. The lowest BCUT2D eigenvalue weighted by Crippen LogP contribution is -2.40. The number of carbonyl (C=O) groups is 5. The summed E-state index contributed by atoms with van der Waals surface area (Å²) in [6, 6.07) is 17.0. The predicted octanol–water partition coefficient (Wildman–Crippen LogP) is 8.17. The number of piperidine rings is 1. The zero-order valence-corrected chi connectivity index (χ0v) is 50.1. The number of carbonyl (C=O) groups excluding carboxylic acids is 5. The highest BCUT2D eigenvalue weighted by molar-refractivity contribution is 6.17. The minimum absolute atomic E-state index is 0.0655. The molecule has 3 amide bonds. The lowest BCUT2D eigenvalue weighted by Gasteiger charge is -2.32. The van der Waals surface area contributed by atoms with Crippen molar-refractivity contribution in [2.75, 3.05) is 144 Å². The number of unbranched alkanes of at least 4 members (excludes halogenated alkanes) is 3. The highest BCUT2D eigenvalue weighted by Gasteiger charge is 2.28. The first-order valence-corrected chi connectivity index (χ1v) is 29.7. The largest absolute Gasteiger partial charge is 0.466 e. The molecule has 0 spiro atoms. The number of nitrogens with two attached hydrogens (primary N) is 1. The van der Waals surface area contributed by atoms with E-state index < -0.39 is 12.2 Å². The number of nitrogen functional groups attached to an aromatic ring is 1. The average Bonchev–Trinajstić information content (AvgIpc) is 1.83. The van der Waals surface area contributed by atoms with E-state index in [0.717, 1.165) is 62.3 Å². The molecule has 2 aromatic heterocycles. The van der Waals surface area contributed by atoms with Gasteiger partial charge in [-0.1, -0.05) is 49.3 Å². The lowest BCUT2D eigenvalue weighted by molar-refractivity contribution is -0.144. The van der Waals surface area contributed by atoms with Crippen LogP contribution in [0, 0.1) is 0 Å². The number of aromatic nitrogens is 4. The molecule has 0 aliphatic carbocycles. The summed E-state index contributed by atoms with van der Waals surface area (Å²) in [5.41, 5.74) is 8.44. The van der Waals surface area contributed by atoms with E-state index in [-0.39, 0.29) is 56.9 Å². The molecule has 24 nitrogen and oxygen atoms in total. The van der Waals surface area contributed by atoms with Crippen molar-refractivity contribution in [1.82, 2.24) is 35.3 Å². The molecular weight excluding hydrogens is 1120 g/mol. The molecular formula is C60H87ClN8O16. The molecule has 85 heavy (non-hydrogen) atoms. The maximum Gasteiger partial charge on any atom is 0.407 e. The number of ether oxygens (including phenoxy) is 11. The summed E-state index contributed by atoms with van der Waals surface area (Å²) in [6.45, 7) is 11.2. The number of alkyl carbamates (subject to hydrolysis) is 2. The smallest absolute Gasteiger partial charge is 0.407 e. The minimum atomic E-state index is -0.618. The van der Waals surface area contributed by atoms with Gasteiger partial charge in [-0.2, -0.15) is 5.10 Å². The van der Waals surface area contributed by atoms with Crippen LogP contribution in [0.1, 0.15) is 84.1 Å². The molecule has 3 heterocycles. The Morgan fingerprint density at radius 2 is 1.25 bits per heavy atom. The molecule has 1 aliphatic rings. The highest BCUT2D eigenvalue weighted by atomic mass is 35.5. The van der Waals surface area contributed by atoms with Gasteiger partial charge in [0.05, 0.1) is 77.5 Å². The Morgan fingerprint density at radius 1 is 0.659 bits per heavy atom. The fourth-order valence-electron chi connectivity index (χ4n) is 8.03. The van der Waals surface area contributed by atoms with E-state index >= 15 is 0 Å². The van der Waals surface area contributed by atoms with E-state index in [1.54, 1.807) is 24.0 Å². The Bertz CT molecular complexity index is 2540. The molecule has 1 atom stereocenters. The Hall–Kier alpha value is -6.93. The molecule has 0 radical (unpaired) electrons. The number of anilines is 1. The predicted molar refractivity (Wildman–Crippen MR) is 319 cm³/mol. The van der Waals surface area contributed by atoms with Gasteiger partial charge in [0.25, 0.3) is 0 Å². The van der Waals surface area contributed by atoms with E-state index in [2.05, 4.69) is 20.6 Å². The number of nitrogens with zero attached hydrogens (tertiary/aromatic N) is 5. The monoisotopic (exact) mass is 1210 g/mol. The van der Waals surface area contributed by atoms with E-state index in [9.17, 15) is 24.0 Å². The van der Waals surface area contributed by atoms with Gasteiger partial charge in [0.1, 0.15) is 49.2 Å². The summed E-state index contributed by atoms with van der Waals surface area (Å²) >= 11 is 5.62. The third kappa shape index (κ3) is 31.2. The number of nitrogens with one attached hydrogen (secondary N) is 2. The molecule has 2 aromatic carbocycles. The summed E-state index contributed by atoms with van der Waals surface area (Å²) in [5, 5.41) is 10.8. The first kappa shape index (κ1) is 70.6. The number of fused-ring (bicyclic) bond motifs is 1. The number of benzene rings is 2. The number of para-hydroxylation sites is 1. The van der Waals surface area contributed by atoms with Crippen molar-refractivity contribution in [3.63, 3.8) is 0 Å². The number of amides is 3. The first-order valence-electron chi connectivity index (χ1n) is 29.2.